The summed E-state index contributed by atoms with van der Waals surface area (Å²) >= 11 is 2.90. The molecule has 22 heavy (non-hydrogen) atoms. The smallest absolute Gasteiger partial charge is 0.330 e. The molecule has 0 atom stereocenters. The van der Waals surface area contributed by atoms with Gasteiger partial charge in [-0.05, 0) is 11.4 Å². The number of hydrogen-bond donors (Lipinski definition) is 0. The summed E-state index contributed by atoms with van der Waals surface area (Å²) in [5, 5.41) is 6.30. The largest absolute Gasteiger partial charge is 0.406 e. The number of carbonyl (C=O) groups is 1. The average Bonchev–Trinajstić information content (AvgIpc) is 3.06. The Labute approximate surface area is 133 Å². The molecule has 0 spiro atoms. The van der Waals surface area contributed by atoms with Gasteiger partial charge in [-0.15, -0.1) is 17.9 Å². The maximum atomic E-state index is 12.5. The van der Waals surface area contributed by atoms with Crippen molar-refractivity contribution in [2.24, 2.45) is 0 Å². The van der Waals surface area contributed by atoms with Crippen LogP contribution in [0.15, 0.2) is 34.9 Å². The minimum absolute atomic E-state index is 0.139. The van der Waals surface area contributed by atoms with E-state index in [1.807, 2.05) is 16.8 Å². The molecule has 0 aliphatic carbocycles. The predicted molar refractivity (Wildman–Crippen MR) is 82.0 cm³/mol. The zero-order valence-corrected chi connectivity index (χ0v) is 13.1. The van der Waals surface area contributed by atoms with Crippen molar-refractivity contribution in [1.82, 2.24) is 9.88 Å². The number of rotatable bonds is 6. The van der Waals surface area contributed by atoms with Crippen LogP contribution < -0.4 is 0 Å². The monoisotopic (exact) mass is 346 g/mol. The summed E-state index contributed by atoms with van der Waals surface area (Å²) in [7, 11) is 0. The number of halogens is 3. The van der Waals surface area contributed by atoms with E-state index in [-0.39, 0.29) is 13.0 Å². The van der Waals surface area contributed by atoms with Crippen LogP contribution in [0.25, 0.3) is 10.6 Å². The van der Waals surface area contributed by atoms with E-state index in [0.717, 1.165) is 15.5 Å². The molecule has 0 radical (unpaired) electrons. The van der Waals surface area contributed by atoms with Crippen molar-refractivity contribution in [3.63, 3.8) is 0 Å². The summed E-state index contributed by atoms with van der Waals surface area (Å²) < 4.78 is 37.4. The molecule has 0 N–H and O–H groups in total. The molecule has 2 aromatic heterocycles. The van der Waals surface area contributed by atoms with E-state index in [0.29, 0.717) is 5.69 Å². The second-order valence-electron chi connectivity index (χ2n) is 4.51. The molecule has 0 aliphatic rings. The number of amides is 1. The van der Waals surface area contributed by atoms with Crippen LogP contribution in [0.2, 0.25) is 0 Å². The number of aromatic nitrogens is 1. The summed E-state index contributed by atoms with van der Waals surface area (Å²) in [5.41, 5.74) is 1.43. The van der Waals surface area contributed by atoms with E-state index >= 15 is 0 Å². The van der Waals surface area contributed by atoms with E-state index < -0.39 is 18.6 Å². The molecule has 8 heteroatoms. The van der Waals surface area contributed by atoms with Gasteiger partial charge in [0.25, 0.3) is 0 Å². The Hall–Kier alpha value is -1.67. The van der Waals surface area contributed by atoms with Gasteiger partial charge in [-0.25, -0.2) is 4.98 Å². The van der Waals surface area contributed by atoms with Crippen LogP contribution >= 0.6 is 22.7 Å². The lowest BCUT2D eigenvalue weighted by atomic mass is 10.3. The Balaban J connectivity index is 2.05. The zero-order valence-electron chi connectivity index (χ0n) is 11.5. The molecule has 0 unspecified atom stereocenters. The summed E-state index contributed by atoms with van der Waals surface area (Å²) in [5.74, 6) is -0.612. The molecule has 0 saturated carbocycles. The minimum atomic E-state index is -4.43. The second kappa shape index (κ2) is 7.06. The maximum absolute atomic E-state index is 12.5. The molecule has 0 saturated heterocycles. The van der Waals surface area contributed by atoms with Crippen LogP contribution in [0.5, 0.6) is 0 Å². The van der Waals surface area contributed by atoms with Gasteiger partial charge < -0.3 is 4.90 Å². The maximum Gasteiger partial charge on any atom is 0.406 e. The van der Waals surface area contributed by atoms with Gasteiger partial charge in [0.05, 0.1) is 12.1 Å². The Bertz CT molecular complexity index is 635. The lowest BCUT2D eigenvalue weighted by Gasteiger charge is -2.22. The topological polar surface area (TPSA) is 33.2 Å². The fraction of sp³-hybridized carbons (Fsp3) is 0.286. The van der Waals surface area contributed by atoms with Crippen molar-refractivity contribution >= 4 is 28.6 Å². The van der Waals surface area contributed by atoms with Gasteiger partial charge >= 0.3 is 6.18 Å². The van der Waals surface area contributed by atoms with Crippen molar-refractivity contribution in [1.29, 1.82) is 0 Å². The number of hydrogen-bond acceptors (Lipinski definition) is 4. The molecule has 0 aromatic carbocycles. The summed E-state index contributed by atoms with van der Waals surface area (Å²) in [4.78, 5) is 17.1. The number of alkyl halides is 3. The Morgan fingerprint density at radius 1 is 1.41 bits per heavy atom. The first-order chi connectivity index (χ1) is 10.4. The molecular weight excluding hydrogens is 333 g/mol. The summed E-state index contributed by atoms with van der Waals surface area (Å²) in [6.45, 7) is 1.97. The SMILES string of the molecule is C=CCN(CC(F)(F)F)C(=O)Cc1csc(-c2ccsc2)n1. The fourth-order valence-corrected chi connectivity index (χ4v) is 3.33. The highest BCUT2D eigenvalue weighted by Gasteiger charge is 2.32. The van der Waals surface area contributed by atoms with Crippen molar-refractivity contribution in [2.75, 3.05) is 13.1 Å². The summed E-state index contributed by atoms with van der Waals surface area (Å²) in [6, 6.07) is 1.91. The Morgan fingerprint density at radius 2 is 2.18 bits per heavy atom. The minimum Gasteiger partial charge on any atom is -0.330 e. The third kappa shape index (κ3) is 4.67. The zero-order chi connectivity index (χ0) is 16.2. The first-order valence-corrected chi connectivity index (χ1v) is 8.13. The van der Waals surface area contributed by atoms with Gasteiger partial charge in [-0.3, -0.25) is 4.79 Å². The molecule has 2 rings (SSSR count). The van der Waals surface area contributed by atoms with E-state index in [1.165, 1.54) is 28.7 Å². The third-order valence-electron chi connectivity index (χ3n) is 2.72. The van der Waals surface area contributed by atoms with Gasteiger partial charge in [0.15, 0.2) is 0 Å². The van der Waals surface area contributed by atoms with Crippen molar-refractivity contribution in [2.45, 2.75) is 12.6 Å². The van der Waals surface area contributed by atoms with E-state index in [9.17, 15) is 18.0 Å². The van der Waals surface area contributed by atoms with Gasteiger partial charge in [0.2, 0.25) is 5.91 Å². The van der Waals surface area contributed by atoms with Gasteiger partial charge in [0, 0.05) is 22.9 Å². The standard InChI is InChI=1S/C14H13F3N2OS2/c1-2-4-19(9-14(15,16)17)12(20)6-11-8-22-13(18-11)10-3-5-21-7-10/h2-3,5,7-8H,1,4,6,9H2. The second-order valence-corrected chi connectivity index (χ2v) is 6.15. The summed E-state index contributed by atoms with van der Waals surface area (Å²) in [6.07, 6.45) is -3.30. The van der Waals surface area contributed by atoms with Crippen LogP contribution in [0.1, 0.15) is 5.69 Å². The molecule has 0 fully saturated rings. The first kappa shape index (κ1) is 16.7. The highest BCUT2D eigenvalue weighted by atomic mass is 32.1. The van der Waals surface area contributed by atoms with Crippen LogP contribution in [0, 0.1) is 0 Å². The molecule has 1 amide bonds. The van der Waals surface area contributed by atoms with Gasteiger partial charge in [-0.2, -0.15) is 24.5 Å². The van der Waals surface area contributed by atoms with Crippen molar-refractivity contribution < 1.29 is 18.0 Å². The van der Waals surface area contributed by atoms with Crippen LogP contribution in [0.3, 0.4) is 0 Å². The lowest BCUT2D eigenvalue weighted by molar-refractivity contribution is -0.159. The number of nitrogens with zero attached hydrogens (tertiary/aromatic N) is 2. The number of thiophene rings is 1. The van der Waals surface area contributed by atoms with E-state index in [1.54, 1.807) is 5.38 Å². The van der Waals surface area contributed by atoms with Crippen molar-refractivity contribution in [3.05, 3.63) is 40.6 Å². The number of carbonyl (C=O) groups excluding carboxylic acids is 1. The van der Waals surface area contributed by atoms with Gasteiger partial charge in [-0.1, -0.05) is 6.08 Å². The Morgan fingerprint density at radius 3 is 2.77 bits per heavy atom. The van der Waals surface area contributed by atoms with E-state index in [2.05, 4.69) is 11.6 Å². The Kier molecular flexibility index (Phi) is 5.36. The van der Waals surface area contributed by atoms with Crippen LogP contribution in [-0.4, -0.2) is 35.1 Å². The highest BCUT2D eigenvalue weighted by Crippen LogP contribution is 2.26. The lowest BCUT2D eigenvalue weighted by Crippen LogP contribution is -2.39. The first-order valence-electron chi connectivity index (χ1n) is 6.31. The normalized spacial score (nSPS) is 11.4. The molecule has 2 heterocycles. The quantitative estimate of drug-likeness (QED) is 0.741. The molecular formula is C14H13F3N2OS2. The molecule has 0 aliphatic heterocycles. The van der Waals surface area contributed by atoms with Crippen molar-refractivity contribution in [3.8, 4) is 10.6 Å². The van der Waals surface area contributed by atoms with Gasteiger partial charge in [0.1, 0.15) is 11.6 Å². The van der Waals surface area contributed by atoms with E-state index in [4.69, 9.17) is 0 Å². The molecule has 2 aromatic rings. The number of thiazole rings is 1. The third-order valence-corrected chi connectivity index (χ3v) is 4.35. The molecule has 0 bridgehead atoms. The molecule has 3 nitrogen and oxygen atoms in total. The predicted octanol–water partition coefficient (Wildman–Crippen LogP) is 3.99. The molecule has 118 valence electrons. The van der Waals surface area contributed by atoms with Crippen LogP contribution in [-0.2, 0) is 11.2 Å². The highest BCUT2D eigenvalue weighted by molar-refractivity contribution is 7.14. The fourth-order valence-electron chi connectivity index (χ4n) is 1.80. The average molecular weight is 346 g/mol. The van der Waals surface area contributed by atoms with Crippen LogP contribution in [0.4, 0.5) is 13.2 Å².